The maximum atomic E-state index is 12.7. The number of hydrogen-bond donors (Lipinski definition) is 3. The summed E-state index contributed by atoms with van der Waals surface area (Å²) in [6.07, 6.45) is 0.411. The van der Waals surface area contributed by atoms with Gasteiger partial charge in [0.2, 0.25) is 5.75 Å². The highest BCUT2D eigenvalue weighted by Gasteiger charge is 2.34. The van der Waals surface area contributed by atoms with E-state index >= 15 is 0 Å². The van der Waals surface area contributed by atoms with Crippen LogP contribution in [0.25, 0.3) is 0 Å². The largest absolute Gasteiger partial charge is 0.502 e. The molecule has 2 amide bonds. The molecule has 8 heteroatoms. The number of hydrogen-bond acceptors (Lipinski definition) is 6. The number of urea groups is 1. The van der Waals surface area contributed by atoms with E-state index in [1.54, 1.807) is 13.8 Å². The second-order valence-corrected chi connectivity index (χ2v) is 5.97. The maximum absolute atomic E-state index is 12.7. The zero-order chi connectivity index (χ0) is 19.4. The lowest BCUT2D eigenvalue weighted by molar-refractivity contribution is -0.144. The number of carbonyl (C=O) groups is 2. The number of esters is 1. The quantitative estimate of drug-likeness (QED) is 0.669. The molecule has 1 aromatic carbocycles. The first kappa shape index (κ1) is 19.4. The molecule has 0 saturated carbocycles. The number of phenolic OH excluding ortho intramolecular Hbond substituents is 1. The summed E-state index contributed by atoms with van der Waals surface area (Å²) in [7, 11) is 2.80. The Labute approximate surface area is 152 Å². The van der Waals surface area contributed by atoms with E-state index < -0.39 is 18.0 Å². The van der Waals surface area contributed by atoms with Crippen molar-refractivity contribution in [2.75, 3.05) is 14.2 Å². The highest BCUT2D eigenvalue weighted by molar-refractivity contribution is 5.95. The molecule has 1 aromatic rings. The molecule has 1 heterocycles. The van der Waals surface area contributed by atoms with Crippen molar-refractivity contribution in [3.05, 3.63) is 29.0 Å². The van der Waals surface area contributed by atoms with E-state index in [9.17, 15) is 14.7 Å². The van der Waals surface area contributed by atoms with Gasteiger partial charge in [-0.15, -0.1) is 0 Å². The van der Waals surface area contributed by atoms with Crippen molar-refractivity contribution in [2.24, 2.45) is 0 Å². The average molecular weight is 364 g/mol. The topological polar surface area (TPSA) is 106 Å². The normalized spacial score (nSPS) is 17.9. The molecule has 2 rings (SSSR count). The van der Waals surface area contributed by atoms with Crippen LogP contribution in [0, 0.1) is 0 Å². The molecule has 0 aromatic heterocycles. The Morgan fingerprint density at radius 2 is 1.85 bits per heavy atom. The molecule has 1 aliphatic heterocycles. The molecule has 0 aliphatic carbocycles. The van der Waals surface area contributed by atoms with E-state index in [-0.39, 0.29) is 28.9 Å². The molecule has 0 bridgehead atoms. The van der Waals surface area contributed by atoms with Gasteiger partial charge >= 0.3 is 12.0 Å². The standard InChI is InChI=1S/C18H24N2O6/c1-6-9(2)26-17(22)14-10(3)19-18(23)20-15(14)11-7-12(24-4)16(21)13(8-11)25-5/h7-9,15,21H,6H2,1-5H3,(H2,19,20,23). The van der Waals surface area contributed by atoms with E-state index in [0.29, 0.717) is 17.7 Å². The third-order valence-corrected chi connectivity index (χ3v) is 4.21. The average Bonchev–Trinajstić information content (AvgIpc) is 2.60. The van der Waals surface area contributed by atoms with Crippen molar-refractivity contribution in [3.8, 4) is 17.2 Å². The number of methoxy groups -OCH3 is 2. The zero-order valence-corrected chi connectivity index (χ0v) is 15.5. The summed E-state index contributed by atoms with van der Waals surface area (Å²) in [5, 5.41) is 15.4. The van der Waals surface area contributed by atoms with Gasteiger partial charge in [0.1, 0.15) is 0 Å². The lowest BCUT2D eigenvalue weighted by Gasteiger charge is -2.29. The lowest BCUT2D eigenvalue weighted by Crippen LogP contribution is -2.45. The van der Waals surface area contributed by atoms with Crippen LogP contribution in [0.2, 0.25) is 0 Å². The summed E-state index contributed by atoms with van der Waals surface area (Å²) in [5.74, 6) is -0.359. The van der Waals surface area contributed by atoms with E-state index in [4.69, 9.17) is 14.2 Å². The third kappa shape index (κ3) is 3.84. The first-order chi connectivity index (χ1) is 12.3. The highest BCUT2D eigenvalue weighted by Crippen LogP contribution is 2.40. The molecule has 1 aliphatic rings. The predicted molar refractivity (Wildman–Crippen MR) is 94.2 cm³/mol. The number of ether oxygens (including phenoxy) is 3. The van der Waals surface area contributed by atoms with Crippen LogP contribution < -0.4 is 20.1 Å². The second-order valence-electron chi connectivity index (χ2n) is 5.97. The number of allylic oxidation sites excluding steroid dienone is 1. The van der Waals surface area contributed by atoms with Gasteiger partial charge in [-0.25, -0.2) is 9.59 Å². The van der Waals surface area contributed by atoms with E-state index in [1.807, 2.05) is 6.92 Å². The minimum atomic E-state index is -0.774. The second kappa shape index (κ2) is 7.99. The molecule has 0 spiro atoms. The minimum absolute atomic E-state index is 0.163. The molecule has 3 N–H and O–H groups in total. The Kier molecular flexibility index (Phi) is 5.97. The van der Waals surface area contributed by atoms with Gasteiger partial charge in [-0.2, -0.15) is 0 Å². The van der Waals surface area contributed by atoms with Crippen molar-refractivity contribution in [2.45, 2.75) is 39.3 Å². The summed E-state index contributed by atoms with van der Waals surface area (Å²) in [5.41, 5.74) is 1.19. The summed E-state index contributed by atoms with van der Waals surface area (Å²) in [4.78, 5) is 24.6. The van der Waals surface area contributed by atoms with E-state index in [0.717, 1.165) is 0 Å². The fourth-order valence-corrected chi connectivity index (χ4v) is 2.62. The monoisotopic (exact) mass is 364 g/mol. The van der Waals surface area contributed by atoms with Crippen LogP contribution in [0.15, 0.2) is 23.4 Å². The molecule has 0 radical (unpaired) electrons. The zero-order valence-electron chi connectivity index (χ0n) is 15.5. The van der Waals surface area contributed by atoms with Crippen LogP contribution in [-0.4, -0.2) is 37.4 Å². The molecular formula is C18H24N2O6. The van der Waals surface area contributed by atoms with Gasteiger partial charge < -0.3 is 30.0 Å². The third-order valence-electron chi connectivity index (χ3n) is 4.21. The predicted octanol–water partition coefficient (Wildman–Crippen LogP) is 2.38. The molecule has 2 unspecified atom stereocenters. The van der Waals surface area contributed by atoms with Crippen molar-refractivity contribution in [1.82, 2.24) is 10.6 Å². The summed E-state index contributed by atoms with van der Waals surface area (Å²) in [6.45, 7) is 5.34. The van der Waals surface area contributed by atoms with Gasteiger partial charge in [-0.05, 0) is 38.0 Å². The minimum Gasteiger partial charge on any atom is -0.502 e. The molecule has 0 fully saturated rings. The Morgan fingerprint density at radius 3 is 2.35 bits per heavy atom. The molecule has 2 atom stereocenters. The molecule has 142 valence electrons. The van der Waals surface area contributed by atoms with Crippen molar-refractivity contribution in [3.63, 3.8) is 0 Å². The molecular weight excluding hydrogens is 340 g/mol. The number of rotatable bonds is 6. The van der Waals surface area contributed by atoms with E-state index in [2.05, 4.69) is 10.6 Å². The van der Waals surface area contributed by atoms with Gasteiger partial charge in [0.05, 0.1) is 31.9 Å². The van der Waals surface area contributed by atoms with Crippen molar-refractivity contribution >= 4 is 12.0 Å². The first-order valence-electron chi connectivity index (χ1n) is 8.26. The van der Waals surface area contributed by atoms with Crippen LogP contribution in [0.3, 0.4) is 0 Å². The number of nitrogens with one attached hydrogen (secondary N) is 2. The van der Waals surface area contributed by atoms with Gasteiger partial charge in [-0.1, -0.05) is 6.92 Å². The van der Waals surface area contributed by atoms with Crippen LogP contribution in [0.4, 0.5) is 4.79 Å². The number of amides is 2. The van der Waals surface area contributed by atoms with Crippen molar-refractivity contribution in [1.29, 1.82) is 0 Å². The number of aromatic hydroxyl groups is 1. The highest BCUT2D eigenvalue weighted by atomic mass is 16.5. The SMILES string of the molecule is CCC(C)OC(=O)C1=C(C)NC(=O)NC1c1cc(OC)c(O)c(OC)c1. The van der Waals surface area contributed by atoms with Crippen LogP contribution in [-0.2, 0) is 9.53 Å². The van der Waals surface area contributed by atoms with Gasteiger partial charge in [-0.3, -0.25) is 0 Å². The fourth-order valence-electron chi connectivity index (χ4n) is 2.62. The van der Waals surface area contributed by atoms with Gasteiger partial charge in [0.15, 0.2) is 11.5 Å². The summed E-state index contributed by atoms with van der Waals surface area (Å²) in [6, 6.07) is 1.86. The van der Waals surface area contributed by atoms with Gasteiger partial charge in [0, 0.05) is 5.70 Å². The molecule has 26 heavy (non-hydrogen) atoms. The molecule has 0 saturated heterocycles. The first-order valence-corrected chi connectivity index (χ1v) is 8.26. The smallest absolute Gasteiger partial charge is 0.338 e. The Hall–Kier alpha value is -2.90. The molecule has 8 nitrogen and oxygen atoms in total. The number of carbonyl (C=O) groups excluding carboxylic acids is 2. The Balaban J connectivity index is 2.52. The fraction of sp³-hybridized carbons (Fsp3) is 0.444. The van der Waals surface area contributed by atoms with Crippen molar-refractivity contribution < 1.29 is 28.9 Å². The lowest BCUT2D eigenvalue weighted by atomic mass is 9.95. The Bertz CT molecular complexity index is 718. The van der Waals surface area contributed by atoms with Crippen LogP contribution >= 0.6 is 0 Å². The number of phenols is 1. The maximum Gasteiger partial charge on any atom is 0.338 e. The summed E-state index contributed by atoms with van der Waals surface area (Å²) >= 11 is 0. The summed E-state index contributed by atoms with van der Waals surface area (Å²) < 4.78 is 15.8. The van der Waals surface area contributed by atoms with Gasteiger partial charge in [0.25, 0.3) is 0 Å². The Morgan fingerprint density at radius 1 is 1.27 bits per heavy atom. The van der Waals surface area contributed by atoms with Crippen LogP contribution in [0.1, 0.15) is 38.8 Å². The van der Waals surface area contributed by atoms with Crippen LogP contribution in [0.5, 0.6) is 17.2 Å². The number of benzene rings is 1. The van der Waals surface area contributed by atoms with E-state index in [1.165, 1.54) is 26.4 Å².